The zero-order valence-electron chi connectivity index (χ0n) is 17.8. The fraction of sp³-hybridized carbons (Fsp3) is 0.560. The number of ketones is 1. The van der Waals surface area contributed by atoms with Crippen molar-refractivity contribution in [1.29, 1.82) is 0 Å². The van der Waals surface area contributed by atoms with Gasteiger partial charge in [-0.25, -0.2) is 0 Å². The summed E-state index contributed by atoms with van der Waals surface area (Å²) in [7, 11) is 0. The molecule has 0 N–H and O–H groups in total. The third-order valence-corrected chi connectivity index (χ3v) is 8.22. The Morgan fingerprint density at radius 1 is 1.13 bits per heavy atom. The molecule has 0 spiro atoms. The van der Waals surface area contributed by atoms with Gasteiger partial charge in [-0.2, -0.15) is 0 Å². The van der Waals surface area contributed by atoms with Gasteiger partial charge in [0.2, 0.25) is 5.43 Å². The first kappa shape index (κ1) is 19.5. The zero-order chi connectivity index (χ0) is 21.2. The van der Waals surface area contributed by atoms with Crippen LogP contribution in [-0.2, 0) is 16.0 Å². The molecule has 2 saturated carbocycles. The molecule has 0 aliphatic heterocycles. The van der Waals surface area contributed by atoms with E-state index in [0.29, 0.717) is 28.7 Å². The molecule has 5 atom stereocenters. The van der Waals surface area contributed by atoms with Gasteiger partial charge in [0.05, 0.1) is 5.39 Å². The summed E-state index contributed by atoms with van der Waals surface area (Å²) in [6, 6.07) is 4.01. The van der Waals surface area contributed by atoms with E-state index in [4.69, 9.17) is 9.15 Å². The largest absolute Gasteiger partial charge is 0.463 e. The second kappa shape index (κ2) is 6.79. The van der Waals surface area contributed by atoms with Crippen molar-refractivity contribution >= 4 is 22.7 Å². The lowest BCUT2D eigenvalue weighted by atomic mass is 9.55. The Morgan fingerprint density at radius 2 is 1.93 bits per heavy atom. The standard InChI is InChI=1S/C25H28O5/c1-13(26)20-12-29-22-10-15-4-5-17-16(18(15)11-19(22)24(20)28)8-9-25(3)21(17)6-7-23(25)30-14(2)27/h10-12,16-17,21,23H,4-9H2,1-3H3/t16-,17+,21-,23-,25-/m0/s1. The van der Waals surface area contributed by atoms with Gasteiger partial charge in [0.15, 0.2) is 5.78 Å². The first-order valence-electron chi connectivity index (χ1n) is 11.1. The molecule has 0 bridgehead atoms. The molecule has 5 heteroatoms. The van der Waals surface area contributed by atoms with E-state index in [1.165, 1.54) is 31.2 Å². The topological polar surface area (TPSA) is 73.6 Å². The van der Waals surface area contributed by atoms with E-state index in [2.05, 4.69) is 6.92 Å². The van der Waals surface area contributed by atoms with Gasteiger partial charge in [-0.15, -0.1) is 0 Å². The summed E-state index contributed by atoms with van der Waals surface area (Å²) in [6.45, 7) is 5.21. The van der Waals surface area contributed by atoms with Crippen LogP contribution < -0.4 is 5.43 Å². The van der Waals surface area contributed by atoms with Crippen LogP contribution >= 0.6 is 0 Å². The minimum absolute atomic E-state index is 0.0177. The molecule has 3 aliphatic carbocycles. The summed E-state index contributed by atoms with van der Waals surface area (Å²) in [5.74, 6) is 1.03. The number of fused-ring (bicyclic) bond motifs is 6. The van der Waals surface area contributed by atoms with E-state index in [0.717, 1.165) is 38.5 Å². The van der Waals surface area contributed by atoms with Crippen LogP contribution in [0.2, 0.25) is 0 Å². The monoisotopic (exact) mass is 408 g/mol. The Morgan fingerprint density at radius 3 is 2.67 bits per heavy atom. The van der Waals surface area contributed by atoms with Crippen molar-refractivity contribution in [3.8, 4) is 0 Å². The molecule has 30 heavy (non-hydrogen) atoms. The van der Waals surface area contributed by atoms with E-state index >= 15 is 0 Å². The Balaban J connectivity index is 1.55. The molecule has 1 aromatic carbocycles. The van der Waals surface area contributed by atoms with Crippen LogP contribution in [0.1, 0.15) is 80.3 Å². The molecule has 0 saturated heterocycles. The lowest BCUT2D eigenvalue weighted by Crippen LogP contribution is -2.45. The smallest absolute Gasteiger partial charge is 0.302 e. The molecule has 0 unspecified atom stereocenters. The van der Waals surface area contributed by atoms with Gasteiger partial charge in [0.1, 0.15) is 23.5 Å². The first-order chi connectivity index (χ1) is 14.3. The van der Waals surface area contributed by atoms with Crippen LogP contribution in [0, 0.1) is 17.3 Å². The molecule has 2 fully saturated rings. The van der Waals surface area contributed by atoms with Crippen molar-refractivity contribution in [2.75, 3.05) is 0 Å². The number of Topliss-reactive ketones (excluding diaryl/α,β-unsaturated/α-hetero) is 1. The summed E-state index contributed by atoms with van der Waals surface area (Å²) in [5, 5.41) is 0.514. The number of carbonyl (C=O) groups excluding carboxylic acids is 2. The van der Waals surface area contributed by atoms with Crippen LogP contribution in [-0.4, -0.2) is 17.9 Å². The minimum atomic E-state index is -0.267. The van der Waals surface area contributed by atoms with Crippen LogP contribution in [0.15, 0.2) is 27.6 Å². The molecule has 0 amide bonds. The highest BCUT2D eigenvalue weighted by Gasteiger charge is 2.56. The Hall–Kier alpha value is -2.43. The van der Waals surface area contributed by atoms with E-state index in [9.17, 15) is 14.4 Å². The first-order valence-corrected chi connectivity index (χ1v) is 11.1. The van der Waals surface area contributed by atoms with Gasteiger partial charge < -0.3 is 9.15 Å². The molecule has 1 aromatic heterocycles. The highest BCUT2D eigenvalue weighted by Crippen LogP contribution is 2.61. The van der Waals surface area contributed by atoms with Crippen molar-refractivity contribution in [3.63, 3.8) is 0 Å². The molecule has 0 radical (unpaired) electrons. The van der Waals surface area contributed by atoms with E-state index < -0.39 is 0 Å². The molecular weight excluding hydrogens is 380 g/mol. The van der Waals surface area contributed by atoms with E-state index in [1.54, 1.807) is 0 Å². The molecule has 2 aromatic rings. The third kappa shape index (κ3) is 2.78. The maximum atomic E-state index is 12.9. The summed E-state index contributed by atoms with van der Waals surface area (Å²) in [5.41, 5.74) is 3.02. The van der Waals surface area contributed by atoms with Crippen LogP contribution in [0.5, 0.6) is 0 Å². The maximum absolute atomic E-state index is 12.9. The number of rotatable bonds is 2. The maximum Gasteiger partial charge on any atom is 0.302 e. The highest BCUT2D eigenvalue weighted by molar-refractivity contribution is 5.96. The van der Waals surface area contributed by atoms with E-state index in [-0.39, 0.29) is 34.3 Å². The summed E-state index contributed by atoms with van der Waals surface area (Å²) in [4.78, 5) is 36.3. The number of ether oxygens (including phenoxy) is 1. The predicted molar refractivity (Wildman–Crippen MR) is 113 cm³/mol. The predicted octanol–water partition coefficient (Wildman–Crippen LogP) is 4.78. The SMILES string of the molecule is CC(=O)O[C@H]1CC[C@H]2[C@@H]3CCc4cc5occ(C(C)=O)c(=O)c5cc4[C@H]3CC[C@]12C. The van der Waals surface area contributed by atoms with Crippen LogP contribution in [0.3, 0.4) is 0 Å². The fourth-order valence-corrected chi connectivity index (χ4v) is 6.78. The van der Waals surface area contributed by atoms with Crippen molar-refractivity contribution in [3.05, 3.63) is 45.3 Å². The lowest BCUT2D eigenvalue weighted by molar-refractivity contribution is -0.154. The highest BCUT2D eigenvalue weighted by atomic mass is 16.5. The minimum Gasteiger partial charge on any atom is -0.463 e. The quantitative estimate of drug-likeness (QED) is 0.528. The molecule has 5 nitrogen and oxygen atoms in total. The average molecular weight is 408 g/mol. The third-order valence-electron chi connectivity index (χ3n) is 8.22. The lowest BCUT2D eigenvalue weighted by Gasteiger charge is -2.50. The number of esters is 1. The Kier molecular flexibility index (Phi) is 4.42. The number of benzene rings is 1. The fourth-order valence-electron chi connectivity index (χ4n) is 6.78. The van der Waals surface area contributed by atoms with Crippen molar-refractivity contribution in [1.82, 2.24) is 0 Å². The Labute approximate surface area is 175 Å². The summed E-state index contributed by atoms with van der Waals surface area (Å²) >= 11 is 0. The van der Waals surface area contributed by atoms with Gasteiger partial charge in [-0.05, 0) is 86.5 Å². The number of aryl methyl sites for hydroxylation is 1. The zero-order valence-corrected chi connectivity index (χ0v) is 17.8. The molecular formula is C25H28O5. The normalized spacial score (nSPS) is 32.2. The molecule has 3 aliphatic rings. The number of hydrogen-bond acceptors (Lipinski definition) is 5. The van der Waals surface area contributed by atoms with Gasteiger partial charge in [-0.1, -0.05) is 6.92 Å². The summed E-state index contributed by atoms with van der Waals surface area (Å²) < 4.78 is 11.4. The summed E-state index contributed by atoms with van der Waals surface area (Å²) in [6.07, 6.45) is 7.49. The number of carbonyl (C=O) groups is 2. The molecule has 1 heterocycles. The van der Waals surface area contributed by atoms with Crippen molar-refractivity contribution < 1.29 is 18.7 Å². The van der Waals surface area contributed by atoms with E-state index in [1.807, 2.05) is 12.1 Å². The van der Waals surface area contributed by atoms with Gasteiger partial charge in [-0.3, -0.25) is 14.4 Å². The van der Waals surface area contributed by atoms with Crippen LogP contribution in [0.4, 0.5) is 0 Å². The average Bonchev–Trinajstić information content (AvgIpc) is 3.02. The second-order valence-electron chi connectivity index (χ2n) is 9.72. The second-order valence-corrected chi connectivity index (χ2v) is 9.72. The van der Waals surface area contributed by atoms with Crippen LogP contribution in [0.25, 0.3) is 11.0 Å². The van der Waals surface area contributed by atoms with Crippen molar-refractivity contribution in [2.45, 2.75) is 71.3 Å². The number of hydrogen-bond donors (Lipinski definition) is 0. The van der Waals surface area contributed by atoms with Gasteiger partial charge >= 0.3 is 5.97 Å². The molecule has 5 rings (SSSR count). The van der Waals surface area contributed by atoms with Gasteiger partial charge in [0.25, 0.3) is 0 Å². The molecule has 158 valence electrons. The Bertz CT molecular complexity index is 1110. The van der Waals surface area contributed by atoms with Crippen molar-refractivity contribution in [2.24, 2.45) is 17.3 Å². The van der Waals surface area contributed by atoms with Gasteiger partial charge in [0, 0.05) is 12.3 Å².